The standard InChI is InChI=1S/C27H29FN4O5/c1-3-37-27(35)24(29)20-13-15-32(18-9-7-17(8-10-18)31-14-5-4-6-23(31)33)26(34)25(20)30-22-12-11-19(36-2)16-21(22)28/h7-12,16,20,29H,3-6,13-15H2,1-2H3. The van der Waals surface area contributed by atoms with Gasteiger partial charge in [-0.3, -0.25) is 15.0 Å². The minimum Gasteiger partial charge on any atom is -0.497 e. The lowest BCUT2D eigenvalue weighted by Crippen LogP contribution is -2.50. The lowest BCUT2D eigenvalue weighted by molar-refractivity contribution is -0.135. The van der Waals surface area contributed by atoms with Crippen LogP contribution in [-0.2, 0) is 19.1 Å². The van der Waals surface area contributed by atoms with Crippen molar-refractivity contribution < 1.29 is 28.2 Å². The molecule has 1 N–H and O–H groups in total. The van der Waals surface area contributed by atoms with Crippen LogP contribution >= 0.6 is 0 Å². The second-order valence-corrected chi connectivity index (χ2v) is 8.77. The molecule has 4 rings (SSSR count). The molecule has 9 nitrogen and oxygen atoms in total. The van der Waals surface area contributed by atoms with Gasteiger partial charge in [-0.1, -0.05) is 0 Å². The van der Waals surface area contributed by atoms with Crippen LogP contribution in [0.4, 0.5) is 21.5 Å². The number of piperidine rings is 2. The van der Waals surface area contributed by atoms with Crippen LogP contribution in [0.1, 0.15) is 32.6 Å². The monoisotopic (exact) mass is 508 g/mol. The molecule has 0 saturated carbocycles. The molecule has 0 bridgehead atoms. The number of nitrogens with one attached hydrogen (secondary N) is 1. The SMILES string of the molecule is CCOC(=O)C(=N)C1CCN(c2ccc(N3CCCCC3=O)cc2)C(=O)C1=Nc1ccc(OC)cc1F. The van der Waals surface area contributed by atoms with E-state index in [2.05, 4.69) is 4.99 Å². The van der Waals surface area contributed by atoms with Gasteiger partial charge in [0.05, 0.1) is 25.3 Å². The summed E-state index contributed by atoms with van der Waals surface area (Å²) in [5.74, 6) is -2.66. The van der Waals surface area contributed by atoms with Gasteiger partial charge < -0.3 is 19.3 Å². The van der Waals surface area contributed by atoms with Gasteiger partial charge >= 0.3 is 5.97 Å². The van der Waals surface area contributed by atoms with Crippen LogP contribution in [0.5, 0.6) is 5.75 Å². The summed E-state index contributed by atoms with van der Waals surface area (Å²) in [7, 11) is 1.41. The average molecular weight is 509 g/mol. The van der Waals surface area contributed by atoms with Gasteiger partial charge in [0.15, 0.2) is 5.82 Å². The highest BCUT2D eigenvalue weighted by molar-refractivity contribution is 6.53. The summed E-state index contributed by atoms with van der Waals surface area (Å²) in [6.45, 7) is 2.58. The van der Waals surface area contributed by atoms with Crippen molar-refractivity contribution in [3.05, 3.63) is 48.3 Å². The minimum absolute atomic E-state index is 0.0734. The molecule has 2 aliphatic rings. The molecular formula is C27H29FN4O5. The molecule has 10 heteroatoms. The topological polar surface area (TPSA) is 112 Å². The number of nitrogens with zero attached hydrogens (tertiary/aromatic N) is 3. The number of anilines is 2. The van der Waals surface area contributed by atoms with Gasteiger partial charge in [0.25, 0.3) is 5.91 Å². The zero-order chi connectivity index (χ0) is 26.5. The number of rotatable bonds is 7. The van der Waals surface area contributed by atoms with Gasteiger partial charge in [0.2, 0.25) is 5.91 Å². The zero-order valence-corrected chi connectivity index (χ0v) is 20.8. The van der Waals surface area contributed by atoms with Crippen LogP contribution < -0.4 is 14.5 Å². The van der Waals surface area contributed by atoms with Gasteiger partial charge in [0, 0.05) is 37.0 Å². The second-order valence-electron chi connectivity index (χ2n) is 8.77. The van der Waals surface area contributed by atoms with E-state index in [1.165, 1.54) is 24.1 Å². The molecule has 0 spiro atoms. The number of ether oxygens (including phenoxy) is 2. The number of aliphatic imine (C=N–C) groups is 1. The fraction of sp³-hybridized carbons (Fsp3) is 0.370. The number of hydrogen-bond acceptors (Lipinski definition) is 7. The molecule has 2 saturated heterocycles. The summed E-state index contributed by atoms with van der Waals surface area (Å²) in [5.41, 5.74) is 0.702. The maximum absolute atomic E-state index is 14.7. The van der Waals surface area contributed by atoms with E-state index in [9.17, 15) is 18.8 Å². The van der Waals surface area contributed by atoms with Crippen LogP contribution in [0, 0.1) is 17.1 Å². The highest BCUT2D eigenvalue weighted by Crippen LogP contribution is 2.30. The van der Waals surface area contributed by atoms with E-state index >= 15 is 0 Å². The van der Waals surface area contributed by atoms with Crippen LogP contribution in [0.25, 0.3) is 0 Å². The van der Waals surface area contributed by atoms with Crippen molar-refractivity contribution in [1.29, 1.82) is 5.41 Å². The largest absolute Gasteiger partial charge is 0.497 e. The average Bonchev–Trinajstić information content (AvgIpc) is 2.91. The third kappa shape index (κ3) is 5.52. The predicted octanol–water partition coefficient (Wildman–Crippen LogP) is 4.06. The Morgan fingerprint density at radius 2 is 1.78 bits per heavy atom. The number of amides is 2. The summed E-state index contributed by atoms with van der Waals surface area (Å²) in [6, 6.07) is 11.1. The first kappa shape index (κ1) is 26.0. The number of benzene rings is 2. The lowest BCUT2D eigenvalue weighted by Gasteiger charge is -2.33. The van der Waals surface area contributed by atoms with Gasteiger partial charge in [0.1, 0.15) is 17.2 Å². The van der Waals surface area contributed by atoms with E-state index < -0.39 is 29.3 Å². The summed E-state index contributed by atoms with van der Waals surface area (Å²) in [5, 5.41) is 8.35. The van der Waals surface area contributed by atoms with Crippen LogP contribution in [0.2, 0.25) is 0 Å². The predicted molar refractivity (Wildman–Crippen MR) is 138 cm³/mol. The Kier molecular flexibility index (Phi) is 7.95. The third-order valence-electron chi connectivity index (χ3n) is 6.47. The Balaban J connectivity index is 1.66. The fourth-order valence-electron chi connectivity index (χ4n) is 4.51. The quantitative estimate of drug-likeness (QED) is 0.448. The van der Waals surface area contributed by atoms with E-state index in [1.807, 2.05) is 0 Å². The second kappa shape index (κ2) is 11.3. The van der Waals surface area contributed by atoms with Crippen LogP contribution in [0.15, 0.2) is 47.5 Å². The lowest BCUT2D eigenvalue weighted by atomic mass is 9.88. The fourth-order valence-corrected chi connectivity index (χ4v) is 4.51. The van der Waals surface area contributed by atoms with Crippen LogP contribution in [0.3, 0.4) is 0 Å². The molecular weight excluding hydrogens is 479 g/mol. The Morgan fingerprint density at radius 3 is 2.41 bits per heavy atom. The van der Waals surface area contributed by atoms with Crippen molar-refractivity contribution in [2.24, 2.45) is 10.9 Å². The van der Waals surface area contributed by atoms with E-state index in [1.54, 1.807) is 36.1 Å². The number of hydrogen-bond donors (Lipinski definition) is 1. The summed E-state index contributed by atoms with van der Waals surface area (Å²) >= 11 is 0. The number of esters is 1. The summed E-state index contributed by atoms with van der Waals surface area (Å²) < 4.78 is 24.7. The first-order valence-corrected chi connectivity index (χ1v) is 12.2. The maximum atomic E-state index is 14.7. The Hall–Kier alpha value is -4.08. The van der Waals surface area contributed by atoms with Gasteiger partial charge in [-0.25, -0.2) is 14.2 Å². The number of halogens is 1. The Morgan fingerprint density at radius 1 is 1.08 bits per heavy atom. The Labute approximate surface area is 214 Å². The number of methoxy groups -OCH3 is 1. The summed E-state index contributed by atoms with van der Waals surface area (Å²) in [4.78, 5) is 45.7. The van der Waals surface area contributed by atoms with Gasteiger partial charge in [-0.05, 0) is 62.6 Å². The molecule has 0 aliphatic carbocycles. The molecule has 2 heterocycles. The Bertz CT molecular complexity index is 1240. The number of carbonyl (C=O) groups excluding carboxylic acids is 3. The summed E-state index contributed by atoms with van der Waals surface area (Å²) in [6.07, 6.45) is 2.57. The highest BCUT2D eigenvalue weighted by Gasteiger charge is 2.39. The number of carbonyl (C=O) groups is 3. The molecule has 1 atom stereocenters. The molecule has 2 aliphatic heterocycles. The van der Waals surface area contributed by atoms with Crippen LogP contribution in [-0.4, -0.2) is 56.0 Å². The molecule has 194 valence electrons. The minimum atomic E-state index is -0.949. The maximum Gasteiger partial charge on any atom is 0.352 e. The van der Waals surface area contributed by atoms with Crippen molar-refractivity contribution >= 4 is 46.3 Å². The molecule has 2 amide bonds. The normalized spacial score (nSPS) is 19.2. The van der Waals surface area contributed by atoms with Gasteiger partial charge in [-0.15, -0.1) is 0 Å². The van der Waals surface area contributed by atoms with Crippen molar-refractivity contribution in [1.82, 2.24) is 0 Å². The molecule has 1 unspecified atom stereocenters. The molecule has 2 fully saturated rings. The third-order valence-corrected chi connectivity index (χ3v) is 6.47. The smallest absolute Gasteiger partial charge is 0.352 e. The molecule has 2 aromatic rings. The highest BCUT2D eigenvalue weighted by atomic mass is 19.1. The zero-order valence-electron chi connectivity index (χ0n) is 20.8. The van der Waals surface area contributed by atoms with Crippen molar-refractivity contribution in [2.75, 3.05) is 36.6 Å². The first-order chi connectivity index (χ1) is 17.8. The molecule has 0 aromatic heterocycles. The van der Waals surface area contributed by atoms with Crippen molar-refractivity contribution in [3.8, 4) is 5.75 Å². The van der Waals surface area contributed by atoms with E-state index in [-0.39, 0.29) is 36.9 Å². The van der Waals surface area contributed by atoms with Gasteiger partial charge in [-0.2, -0.15) is 0 Å². The molecule has 37 heavy (non-hydrogen) atoms. The first-order valence-electron chi connectivity index (χ1n) is 12.2. The van der Waals surface area contributed by atoms with E-state index in [4.69, 9.17) is 14.9 Å². The van der Waals surface area contributed by atoms with Crippen molar-refractivity contribution in [2.45, 2.75) is 32.6 Å². The van der Waals surface area contributed by atoms with E-state index in [0.29, 0.717) is 24.4 Å². The molecule has 0 radical (unpaired) electrons. The van der Waals surface area contributed by atoms with E-state index in [0.717, 1.165) is 24.6 Å². The van der Waals surface area contributed by atoms with Crippen molar-refractivity contribution in [3.63, 3.8) is 0 Å². The molecule has 2 aromatic carbocycles.